The molecule has 0 heterocycles. The first kappa shape index (κ1) is 13.8. The second kappa shape index (κ2) is 5.17. The van der Waals surface area contributed by atoms with Crippen LogP contribution in [0.2, 0.25) is 0 Å². The SMILES string of the molecule is COC1(CC(=O)N(C)CC2(O)CCCC2)CCC1. The molecule has 1 N–H and O–H groups in total. The molecule has 0 bridgehead atoms. The van der Waals surface area contributed by atoms with Crippen LogP contribution in [-0.2, 0) is 9.53 Å². The highest BCUT2D eigenvalue weighted by Crippen LogP contribution is 2.38. The average molecular weight is 255 g/mol. The summed E-state index contributed by atoms with van der Waals surface area (Å²) >= 11 is 0. The molecule has 18 heavy (non-hydrogen) atoms. The van der Waals surface area contributed by atoms with Gasteiger partial charge < -0.3 is 14.7 Å². The molecule has 0 spiro atoms. The van der Waals surface area contributed by atoms with E-state index in [1.54, 1.807) is 19.1 Å². The monoisotopic (exact) mass is 255 g/mol. The van der Waals surface area contributed by atoms with Crippen molar-refractivity contribution in [3.8, 4) is 0 Å². The zero-order valence-electron chi connectivity index (χ0n) is 11.6. The van der Waals surface area contributed by atoms with E-state index < -0.39 is 5.60 Å². The van der Waals surface area contributed by atoms with Gasteiger partial charge >= 0.3 is 0 Å². The molecule has 4 nitrogen and oxygen atoms in total. The number of aliphatic hydroxyl groups is 1. The van der Waals surface area contributed by atoms with Gasteiger partial charge in [-0.25, -0.2) is 0 Å². The number of rotatable bonds is 5. The molecule has 0 aliphatic heterocycles. The number of hydrogen-bond donors (Lipinski definition) is 1. The maximum atomic E-state index is 12.2. The largest absolute Gasteiger partial charge is 0.388 e. The molecular formula is C14H25NO3. The Morgan fingerprint density at radius 1 is 1.22 bits per heavy atom. The normalized spacial score (nSPS) is 24.6. The summed E-state index contributed by atoms with van der Waals surface area (Å²) in [5.74, 6) is 0.0943. The van der Waals surface area contributed by atoms with Crippen molar-refractivity contribution >= 4 is 5.91 Å². The minimum Gasteiger partial charge on any atom is -0.388 e. The summed E-state index contributed by atoms with van der Waals surface area (Å²) in [6.07, 6.45) is 7.34. The lowest BCUT2D eigenvalue weighted by Gasteiger charge is -2.41. The van der Waals surface area contributed by atoms with Crippen LogP contribution in [0.3, 0.4) is 0 Å². The highest BCUT2D eigenvalue weighted by atomic mass is 16.5. The molecule has 1 amide bonds. The number of carbonyl (C=O) groups excluding carboxylic acids is 1. The van der Waals surface area contributed by atoms with Crippen molar-refractivity contribution in [3.63, 3.8) is 0 Å². The average Bonchev–Trinajstić information content (AvgIpc) is 2.69. The van der Waals surface area contributed by atoms with Gasteiger partial charge in [0.05, 0.1) is 17.6 Å². The Kier molecular flexibility index (Phi) is 3.97. The zero-order valence-corrected chi connectivity index (χ0v) is 11.6. The number of likely N-dealkylation sites (N-methyl/N-ethyl adjacent to an activating group) is 1. The highest BCUT2D eigenvalue weighted by Gasteiger charge is 2.41. The molecule has 0 saturated heterocycles. The first-order valence-corrected chi connectivity index (χ1v) is 7.00. The molecule has 104 valence electrons. The first-order valence-electron chi connectivity index (χ1n) is 7.00. The van der Waals surface area contributed by atoms with Gasteiger partial charge in [-0.05, 0) is 32.1 Å². The van der Waals surface area contributed by atoms with Gasteiger partial charge in [-0.1, -0.05) is 12.8 Å². The Labute approximate surface area is 109 Å². The molecule has 2 aliphatic carbocycles. The van der Waals surface area contributed by atoms with Gasteiger partial charge in [0.15, 0.2) is 0 Å². The number of amides is 1. The van der Waals surface area contributed by atoms with Crippen molar-refractivity contribution in [1.82, 2.24) is 4.90 Å². The second-order valence-electron chi connectivity index (χ2n) is 6.10. The molecule has 0 aromatic heterocycles. The summed E-state index contributed by atoms with van der Waals surface area (Å²) in [7, 11) is 3.48. The molecule has 0 unspecified atom stereocenters. The fourth-order valence-electron chi connectivity index (χ4n) is 3.16. The minimum absolute atomic E-state index is 0.0943. The third-order valence-electron chi connectivity index (χ3n) is 4.66. The quantitative estimate of drug-likeness (QED) is 0.813. The lowest BCUT2D eigenvalue weighted by molar-refractivity contribution is -0.145. The number of hydrogen-bond acceptors (Lipinski definition) is 3. The lowest BCUT2D eigenvalue weighted by atomic mass is 9.77. The zero-order chi connectivity index (χ0) is 13.2. The number of methoxy groups -OCH3 is 1. The van der Waals surface area contributed by atoms with Crippen LogP contribution in [0, 0.1) is 0 Å². The standard InChI is InChI=1S/C14H25NO3/c1-15(11-13(17)6-3-4-7-13)12(16)10-14(18-2)8-5-9-14/h17H,3-11H2,1-2H3. The molecule has 0 aromatic rings. The van der Waals surface area contributed by atoms with Crippen LogP contribution >= 0.6 is 0 Å². The summed E-state index contributed by atoms with van der Waals surface area (Å²) in [5.41, 5.74) is -0.867. The Morgan fingerprint density at radius 2 is 1.83 bits per heavy atom. The number of nitrogens with zero attached hydrogens (tertiary/aromatic N) is 1. The van der Waals surface area contributed by atoms with Crippen LogP contribution in [0.5, 0.6) is 0 Å². The molecule has 0 atom stereocenters. The van der Waals surface area contributed by atoms with Gasteiger partial charge in [-0.15, -0.1) is 0 Å². The van der Waals surface area contributed by atoms with E-state index in [2.05, 4.69) is 0 Å². The maximum Gasteiger partial charge on any atom is 0.225 e. The Morgan fingerprint density at radius 3 is 2.28 bits per heavy atom. The van der Waals surface area contributed by atoms with Crippen molar-refractivity contribution < 1.29 is 14.6 Å². The van der Waals surface area contributed by atoms with E-state index in [1.165, 1.54) is 0 Å². The third-order valence-corrected chi connectivity index (χ3v) is 4.66. The Balaban J connectivity index is 1.84. The number of carbonyl (C=O) groups is 1. The van der Waals surface area contributed by atoms with E-state index >= 15 is 0 Å². The predicted molar refractivity (Wildman–Crippen MR) is 69.3 cm³/mol. The maximum absolute atomic E-state index is 12.2. The first-order chi connectivity index (χ1) is 8.49. The summed E-state index contributed by atoms with van der Waals surface area (Å²) < 4.78 is 5.48. The molecule has 0 aromatic carbocycles. The topological polar surface area (TPSA) is 49.8 Å². The van der Waals surface area contributed by atoms with Crippen LogP contribution in [0.25, 0.3) is 0 Å². The third kappa shape index (κ3) is 2.86. The van der Waals surface area contributed by atoms with Crippen molar-refractivity contribution in [2.24, 2.45) is 0 Å². The molecular weight excluding hydrogens is 230 g/mol. The van der Waals surface area contributed by atoms with Crippen LogP contribution in [0.1, 0.15) is 51.4 Å². The smallest absolute Gasteiger partial charge is 0.225 e. The van der Waals surface area contributed by atoms with Gasteiger partial charge in [0, 0.05) is 20.7 Å². The van der Waals surface area contributed by atoms with Gasteiger partial charge in [0.1, 0.15) is 0 Å². The minimum atomic E-state index is -0.649. The molecule has 2 aliphatic rings. The molecule has 2 fully saturated rings. The summed E-state index contributed by atoms with van der Waals surface area (Å²) in [6, 6.07) is 0. The van der Waals surface area contributed by atoms with E-state index in [0.717, 1.165) is 44.9 Å². The van der Waals surface area contributed by atoms with Gasteiger partial charge in [0.2, 0.25) is 5.91 Å². The van der Waals surface area contributed by atoms with Crippen molar-refractivity contribution in [2.45, 2.75) is 62.6 Å². The van der Waals surface area contributed by atoms with Crippen molar-refractivity contribution in [3.05, 3.63) is 0 Å². The van der Waals surface area contributed by atoms with Crippen LogP contribution in [-0.4, -0.2) is 47.8 Å². The van der Waals surface area contributed by atoms with Crippen molar-refractivity contribution in [2.75, 3.05) is 20.7 Å². The van der Waals surface area contributed by atoms with E-state index in [0.29, 0.717) is 13.0 Å². The highest BCUT2D eigenvalue weighted by molar-refractivity contribution is 5.77. The van der Waals surface area contributed by atoms with E-state index in [4.69, 9.17) is 4.74 Å². The summed E-state index contributed by atoms with van der Waals surface area (Å²) in [5, 5.41) is 10.3. The van der Waals surface area contributed by atoms with Crippen LogP contribution in [0.15, 0.2) is 0 Å². The Hall–Kier alpha value is -0.610. The van der Waals surface area contributed by atoms with Crippen molar-refractivity contribution in [1.29, 1.82) is 0 Å². The predicted octanol–water partition coefficient (Wildman–Crippen LogP) is 1.71. The molecule has 4 heteroatoms. The fraction of sp³-hybridized carbons (Fsp3) is 0.929. The fourth-order valence-corrected chi connectivity index (χ4v) is 3.16. The van der Waals surface area contributed by atoms with Gasteiger partial charge in [-0.2, -0.15) is 0 Å². The van der Waals surface area contributed by atoms with Gasteiger partial charge in [-0.3, -0.25) is 4.79 Å². The van der Waals surface area contributed by atoms with E-state index in [-0.39, 0.29) is 11.5 Å². The van der Waals surface area contributed by atoms with E-state index in [1.807, 2.05) is 0 Å². The molecule has 2 rings (SSSR count). The van der Waals surface area contributed by atoms with Crippen LogP contribution in [0.4, 0.5) is 0 Å². The second-order valence-corrected chi connectivity index (χ2v) is 6.10. The molecule has 0 radical (unpaired) electrons. The Bertz CT molecular complexity index is 301. The summed E-state index contributed by atoms with van der Waals surface area (Å²) in [6.45, 7) is 0.464. The number of ether oxygens (including phenoxy) is 1. The van der Waals surface area contributed by atoms with Crippen LogP contribution < -0.4 is 0 Å². The summed E-state index contributed by atoms with van der Waals surface area (Å²) in [4.78, 5) is 13.9. The molecule has 2 saturated carbocycles. The lowest BCUT2D eigenvalue weighted by Crippen LogP contribution is -2.47. The van der Waals surface area contributed by atoms with E-state index in [9.17, 15) is 9.90 Å². The van der Waals surface area contributed by atoms with Gasteiger partial charge in [0.25, 0.3) is 0 Å².